The highest BCUT2D eigenvalue weighted by Crippen LogP contribution is 2.24. The van der Waals surface area contributed by atoms with E-state index >= 15 is 0 Å². The fourth-order valence-electron chi connectivity index (χ4n) is 2.60. The predicted octanol–water partition coefficient (Wildman–Crippen LogP) is 3.42. The van der Waals surface area contributed by atoms with E-state index in [1.54, 1.807) is 24.5 Å². The second kappa shape index (κ2) is 6.75. The summed E-state index contributed by atoms with van der Waals surface area (Å²) in [5, 5.41) is 10.0. The Labute approximate surface area is 155 Å². The van der Waals surface area contributed by atoms with Gasteiger partial charge in [0.15, 0.2) is 5.76 Å². The number of amides is 1. The predicted molar refractivity (Wildman–Crippen MR) is 96.1 cm³/mol. The first-order chi connectivity index (χ1) is 12.6. The first kappa shape index (κ1) is 16.5. The molecule has 3 heterocycles. The van der Waals surface area contributed by atoms with E-state index in [4.69, 9.17) is 4.42 Å². The number of hydrogen-bond acceptors (Lipinski definition) is 4. The lowest BCUT2D eigenvalue weighted by atomic mass is 10.2. The van der Waals surface area contributed by atoms with Crippen LogP contribution in [-0.2, 0) is 6.42 Å². The minimum absolute atomic E-state index is 0.297. The van der Waals surface area contributed by atoms with Crippen molar-refractivity contribution in [1.29, 1.82) is 0 Å². The first-order valence-electron chi connectivity index (χ1n) is 7.81. The number of nitrogens with one attached hydrogen (secondary N) is 3. The smallest absolute Gasteiger partial charge is 0.267 e. The Morgan fingerprint density at radius 2 is 2.23 bits per heavy atom. The van der Waals surface area contributed by atoms with Crippen LogP contribution in [0.2, 0.25) is 0 Å². The number of fused-ring (bicyclic) bond motifs is 1. The topological polar surface area (TPSA) is 99.6 Å². The Hall–Kier alpha value is -2.94. The normalized spacial score (nSPS) is 11.2. The van der Waals surface area contributed by atoms with Gasteiger partial charge in [-0.15, -0.1) is 0 Å². The van der Waals surface area contributed by atoms with E-state index < -0.39 is 5.82 Å². The Morgan fingerprint density at radius 1 is 1.35 bits per heavy atom. The van der Waals surface area contributed by atoms with Crippen molar-refractivity contribution in [3.63, 3.8) is 0 Å². The Morgan fingerprint density at radius 3 is 3.04 bits per heavy atom. The monoisotopic (exact) mass is 417 g/mol. The Bertz CT molecular complexity index is 1070. The molecule has 0 saturated heterocycles. The molecule has 0 bridgehead atoms. The van der Waals surface area contributed by atoms with Crippen molar-refractivity contribution in [2.75, 3.05) is 6.54 Å². The maximum absolute atomic E-state index is 13.9. The van der Waals surface area contributed by atoms with Crippen molar-refractivity contribution in [3.8, 4) is 11.6 Å². The van der Waals surface area contributed by atoms with Crippen LogP contribution < -0.4 is 5.32 Å². The standard InChI is InChI=1S/C17H13BrFN5O2/c18-9-6-11(19)10-8-13(21-12(10)7-9)17(25)20-4-3-15-22-16(24-23-15)14-2-1-5-26-14/h1-2,5-8,21H,3-4H2,(H,20,25)(H,22,23,24). The molecular formula is C17H13BrFN5O2. The van der Waals surface area contributed by atoms with Crippen LogP contribution in [0.15, 0.2) is 45.5 Å². The van der Waals surface area contributed by atoms with Gasteiger partial charge in [0.25, 0.3) is 5.91 Å². The van der Waals surface area contributed by atoms with Gasteiger partial charge in [0.05, 0.1) is 11.8 Å². The van der Waals surface area contributed by atoms with Crippen molar-refractivity contribution in [2.45, 2.75) is 6.42 Å². The van der Waals surface area contributed by atoms with Gasteiger partial charge < -0.3 is 14.7 Å². The third kappa shape index (κ3) is 3.25. The summed E-state index contributed by atoms with van der Waals surface area (Å²) >= 11 is 3.23. The number of rotatable bonds is 5. The summed E-state index contributed by atoms with van der Waals surface area (Å²) in [5.74, 6) is 0.957. The maximum Gasteiger partial charge on any atom is 0.267 e. The number of aromatic nitrogens is 4. The number of carbonyl (C=O) groups is 1. The van der Waals surface area contributed by atoms with Crippen LogP contribution in [-0.4, -0.2) is 32.6 Å². The number of carbonyl (C=O) groups excluding carboxylic acids is 1. The number of H-pyrrole nitrogens is 2. The molecule has 0 unspecified atom stereocenters. The lowest BCUT2D eigenvalue weighted by Gasteiger charge is -2.01. The number of halogens is 2. The van der Waals surface area contributed by atoms with Gasteiger partial charge in [-0.2, -0.15) is 5.10 Å². The van der Waals surface area contributed by atoms with Gasteiger partial charge in [0.1, 0.15) is 17.3 Å². The van der Waals surface area contributed by atoms with Crippen molar-refractivity contribution in [2.24, 2.45) is 0 Å². The van der Waals surface area contributed by atoms with Crippen LogP contribution in [0.25, 0.3) is 22.5 Å². The van der Waals surface area contributed by atoms with Gasteiger partial charge in [-0.05, 0) is 30.3 Å². The molecule has 0 saturated carbocycles. The molecule has 0 aliphatic carbocycles. The van der Waals surface area contributed by atoms with Gasteiger partial charge in [-0.25, -0.2) is 9.37 Å². The molecule has 26 heavy (non-hydrogen) atoms. The molecule has 7 nitrogen and oxygen atoms in total. The molecule has 1 amide bonds. The number of aromatic amines is 2. The van der Waals surface area contributed by atoms with E-state index in [0.717, 1.165) is 0 Å². The van der Waals surface area contributed by atoms with Gasteiger partial charge >= 0.3 is 0 Å². The first-order valence-corrected chi connectivity index (χ1v) is 8.60. The van der Waals surface area contributed by atoms with E-state index in [1.807, 2.05) is 0 Å². The summed E-state index contributed by atoms with van der Waals surface area (Å²) in [7, 11) is 0. The number of benzene rings is 1. The molecule has 0 aliphatic heterocycles. The summed E-state index contributed by atoms with van der Waals surface area (Å²) in [6.45, 7) is 0.354. The third-order valence-corrected chi connectivity index (χ3v) is 4.28. The minimum atomic E-state index is -0.392. The Kier molecular flexibility index (Phi) is 4.29. The van der Waals surface area contributed by atoms with Gasteiger partial charge in [-0.1, -0.05) is 15.9 Å². The molecule has 4 rings (SSSR count). The van der Waals surface area contributed by atoms with E-state index in [-0.39, 0.29) is 5.91 Å². The fourth-order valence-corrected chi connectivity index (χ4v) is 3.03. The molecule has 0 fully saturated rings. The molecule has 0 spiro atoms. The van der Waals surface area contributed by atoms with E-state index in [0.29, 0.717) is 51.4 Å². The van der Waals surface area contributed by atoms with Gasteiger partial charge in [0.2, 0.25) is 5.82 Å². The van der Waals surface area contributed by atoms with Crippen molar-refractivity contribution < 1.29 is 13.6 Å². The summed E-state index contributed by atoms with van der Waals surface area (Å²) in [5.41, 5.74) is 0.853. The quantitative estimate of drug-likeness (QED) is 0.463. The lowest BCUT2D eigenvalue weighted by Crippen LogP contribution is -2.26. The zero-order valence-corrected chi connectivity index (χ0v) is 14.9. The highest BCUT2D eigenvalue weighted by Gasteiger charge is 2.13. The van der Waals surface area contributed by atoms with Crippen LogP contribution in [0, 0.1) is 5.82 Å². The largest absolute Gasteiger partial charge is 0.461 e. The van der Waals surface area contributed by atoms with Crippen LogP contribution in [0.5, 0.6) is 0 Å². The number of furan rings is 1. The van der Waals surface area contributed by atoms with E-state index in [2.05, 4.69) is 41.4 Å². The average Bonchev–Trinajstić information content (AvgIpc) is 3.34. The Balaban J connectivity index is 1.39. The van der Waals surface area contributed by atoms with E-state index in [1.165, 1.54) is 12.1 Å². The number of hydrogen-bond donors (Lipinski definition) is 3. The summed E-state index contributed by atoms with van der Waals surface area (Å²) in [6.07, 6.45) is 2.02. The molecule has 132 valence electrons. The molecular weight excluding hydrogens is 405 g/mol. The number of nitrogens with zero attached hydrogens (tertiary/aromatic N) is 2. The molecule has 0 radical (unpaired) electrons. The van der Waals surface area contributed by atoms with Crippen LogP contribution in [0.1, 0.15) is 16.3 Å². The van der Waals surface area contributed by atoms with Crippen molar-refractivity contribution >= 4 is 32.7 Å². The zero-order chi connectivity index (χ0) is 18.1. The van der Waals surface area contributed by atoms with Gasteiger partial charge in [0, 0.05) is 22.8 Å². The fraction of sp³-hybridized carbons (Fsp3) is 0.118. The maximum atomic E-state index is 13.9. The molecule has 3 aromatic heterocycles. The van der Waals surface area contributed by atoms with Crippen LogP contribution in [0.4, 0.5) is 4.39 Å². The molecule has 1 aromatic carbocycles. The molecule has 0 atom stereocenters. The molecule has 3 N–H and O–H groups in total. The summed E-state index contributed by atoms with van der Waals surface area (Å²) < 4.78 is 19.7. The SMILES string of the molecule is O=C(NCCc1nc(-c2ccco2)n[nH]1)c1cc2c(F)cc(Br)cc2[nH]1. The molecule has 9 heteroatoms. The third-order valence-electron chi connectivity index (χ3n) is 3.82. The lowest BCUT2D eigenvalue weighted by molar-refractivity contribution is 0.0950. The highest BCUT2D eigenvalue weighted by atomic mass is 79.9. The minimum Gasteiger partial charge on any atom is -0.461 e. The summed E-state index contributed by atoms with van der Waals surface area (Å²) in [4.78, 5) is 19.5. The van der Waals surface area contributed by atoms with Crippen molar-refractivity contribution in [3.05, 3.63) is 58.4 Å². The molecule has 0 aliphatic rings. The zero-order valence-electron chi connectivity index (χ0n) is 13.3. The molecule has 4 aromatic rings. The van der Waals surface area contributed by atoms with Crippen molar-refractivity contribution in [1.82, 2.24) is 25.5 Å². The van der Waals surface area contributed by atoms with Crippen LogP contribution in [0.3, 0.4) is 0 Å². The van der Waals surface area contributed by atoms with Crippen LogP contribution >= 0.6 is 15.9 Å². The average molecular weight is 418 g/mol. The summed E-state index contributed by atoms with van der Waals surface area (Å²) in [6, 6.07) is 8.10. The highest BCUT2D eigenvalue weighted by molar-refractivity contribution is 9.10. The second-order valence-corrected chi connectivity index (χ2v) is 6.54. The van der Waals surface area contributed by atoms with Gasteiger partial charge in [-0.3, -0.25) is 9.89 Å². The second-order valence-electron chi connectivity index (χ2n) is 5.62. The van der Waals surface area contributed by atoms with E-state index in [9.17, 15) is 9.18 Å².